The second-order valence-corrected chi connectivity index (χ2v) is 8.56. The van der Waals surface area contributed by atoms with Crippen molar-refractivity contribution in [2.75, 3.05) is 0 Å². The summed E-state index contributed by atoms with van der Waals surface area (Å²) in [5.41, 5.74) is 11.2. The number of aryl methyl sites for hydroxylation is 2. The Morgan fingerprint density at radius 1 is 0.875 bits per heavy atom. The second kappa shape index (κ2) is 5.92. The number of hydrogen-bond donors (Lipinski definition) is 0. The van der Waals surface area contributed by atoms with Crippen molar-refractivity contribution in [3.63, 3.8) is 0 Å². The van der Waals surface area contributed by atoms with Crippen LogP contribution in [0, 0.1) is 25.7 Å². The lowest BCUT2D eigenvalue weighted by Crippen LogP contribution is -2.07. The number of allylic oxidation sites excluding steroid dienone is 1. The lowest BCUT2D eigenvalue weighted by Gasteiger charge is -2.19. The summed E-state index contributed by atoms with van der Waals surface area (Å²) in [6.07, 6.45) is 4.78. The van der Waals surface area contributed by atoms with Crippen LogP contribution in [0.1, 0.15) is 68.4 Å². The van der Waals surface area contributed by atoms with Crippen molar-refractivity contribution < 1.29 is 0 Å². The van der Waals surface area contributed by atoms with Gasteiger partial charge in [0.05, 0.1) is 0 Å². The van der Waals surface area contributed by atoms with Crippen LogP contribution in [-0.2, 0) is 0 Å². The van der Waals surface area contributed by atoms with E-state index < -0.39 is 0 Å². The molecule has 0 fully saturated rings. The molecule has 0 aliphatic heterocycles. The Balaban J connectivity index is 2.28. The molecular weight excluding hydrogens is 288 g/mol. The summed E-state index contributed by atoms with van der Waals surface area (Å²) in [6.45, 7) is 15.8. The van der Waals surface area contributed by atoms with E-state index in [2.05, 4.69) is 91.3 Å². The van der Waals surface area contributed by atoms with E-state index in [0.717, 1.165) is 0 Å². The minimum atomic E-state index is 0.177. The lowest BCUT2D eigenvalue weighted by atomic mass is 9.85. The number of rotatable bonds is 2. The molecule has 0 saturated carbocycles. The zero-order valence-electron chi connectivity index (χ0n) is 16.1. The molecule has 3 rings (SSSR count). The molecule has 1 aliphatic rings. The minimum absolute atomic E-state index is 0.177. The lowest BCUT2D eigenvalue weighted by molar-refractivity contribution is 0.516. The highest BCUT2D eigenvalue weighted by Crippen LogP contribution is 2.44. The monoisotopic (exact) mass is 317 g/mol. The van der Waals surface area contributed by atoms with Gasteiger partial charge in [0.25, 0.3) is 0 Å². The zero-order valence-corrected chi connectivity index (χ0v) is 16.1. The third-order valence-electron chi connectivity index (χ3n) is 4.92. The summed E-state index contributed by atoms with van der Waals surface area (Å²) in [6, 6.07) is 11.5. The Labute approximate surface area is 147 Å². The summed E-state index contributed by atoms with van der Waals surface area (Å²) in [4.78, 5) is 0. The molecule has 1 radical (unpaired) electrons. The molecular formula is C24H29. The van der Waals surface area contributed by atoms with Gasteiger partial charge in [-0.2, -0.15) is 0 Å². The molecule has 1 aliphatic carbocycles. The van der Waals surface area contributed by atoms with Crippen LogP contribution in [0.4, 0.5) is 0 Å². The van der Waals surface area contributed by atoms with E-state index in [1.165, 1.54) is 44.5 Å². The first kappa shape index (κ1) is 17.0. The van der Waals surface area contributed by atoms with Gasteiger partial charge in [0.15, 0.2) is 0 Å². The van der Waals surface area contributed by atoms with E-state index in [1.54, 1.807) is 0 Å². The van der Waals surface area contributed by atoms with E-state index in [0.29, 0.717) is 5.92 Å². The maximum Gasteiger partial charge on any atom is 0.0170 e. The average Bonchev–Trinajstić information content (AvgIpc) is 2.88. The van der Waals surface area contributed by atoms with Crippen molar-refractivity contribution in [1.82, 2.24) is 0 Å². The Bertz CT molecular complexity index is 790. The van der Waals surface area contributed by atoms with Crippen LogP contribution in [0.15, 0.2) is 35.9 Å². The van der Waals surface area contributed by atoms with Gasteiger partial charge in [0.1, 0.15) is 0 Å². The molecule has 0 nitrogen and oxygen atoms in total. The Hall–Kier alpha value is -1.82. The fourth-order valence-corrected chi connectivity index (χ4v) is 3.65. The van der Waals surface area contributed by atoms with Gasteiger partial charge in [-0.15, -0.1) is 0 Å². The molecule has 2 aromatic carbocycles. The van der Waals surface area contributed by atoms with E-state index in [1.807, 2.05) is 0 Å². The highest BCUT2D eigenvalue weighted by molar-refractivity contribution is 5.86. The Morgan fingerprint density at radius 3 is 2.04 bits per heavy atom. The van der Waals surface area contributed by atoms with Gasteiger partial charge in [-0.1, -0.05) is 87.7 Å². The first-order valence-corrected chi connectivity index (χ1v) is 8.99. The van der Waals surface area contributed by atoms with Gasteiger partial charge in [-0.05, 0) is 53.0 Å². The van der Waals surface area contributed by atoms with Gasteiger partial charge in [0.2, 0.25) is 0 Å². The standard InChI is InChI=1S/C24H29/c1-15(2)21-9-8-18-13-20(24(5,6)7)14-22(18)23(21)19-11-16(3)10-17(4)12-19/h8-15H,1-7H3. The summed E-state index contributed by atoms with van der Waals surface area (Å²) in [7, 11) is 0. The number of hydrogen-bond acceptors (Lipinski definition) is 0. The fraction of sp³-hybridized carbons (Fsp3) is 0.375. The third kappa shape index (κ3) is 3.07. The highest BCUT2D eigenvalue weighted by Gasteiger charge is 2.26. The Morgan fingerprint density at radius 2 is 1.50 bits per heavy atom. The van der Waals surface area contributed by atoms with Crippen LogP contribution >= 0.6 is 0 Å². The maximum absolute atomic E-state index is 2.41. The molecule has 0 saturated heterocycles. The average molecular weight is 317 g/mol. The molecule has 0 aromatic heterocycles. The van der Waals surface area contributed by atoms with Crippen molar-refractivity contribution in [2.24, 2.45) is 5.41 Å². The first-order valence-electron chi connectivity index (χ1n) is 8.99. The van der Waals surface area contributed by atoms with Gasteiger partial charge in [-0.25, -0.2) is 0 Å². The molecule has 2 aromatic rings. The molecule has 0 heteroatoms. The van der Waals surface area contributed by atoms with Crippen LogP contribution in [-0.4, -0.2) is 0 Å². The van der Waals surface area contributed by atoms with Crippen LogP contribution in [0.2, 0.25) is 0 Å². The van der Waals surface area contributed by atoms with Crippen LogP contribution in [0.25, 0.3) is 17.2 Å². The normalized spacial score (nSPS) is 14.1. The van der Waals surface area contributed by atoms with Crippen LogP contribution in [0.3, 0.4) is 0 Å². The quantitative estimate of drug-likeness (QED) is 0.554. The number of benzene rings is 2. The van der Waals surface area contributed by atoms with Gasteiger partial charge in [-0.3, -0.25) is 0 Å². The van der Waals surface area contributed by atoms with Gasteiger partial charge in [0, 0.05) is 6.42 Å². The molecule has 0 heterocycles. The third-order valence-corrected chi connectivity index (χ3v) is 4.92. The van der Waals surface area contributed by atoms with Crippen molar-refractivity contribution in [3.8, 4) is 11.1 Å². The largest absolute Gasteiger partial charge is 0.0587 e. The molecule has 125 valence electrons. The smallest absolute Gasteiger partial charge is 0.0170 e. The summed E-state index contributed by atoms with van der Waals surface area (Å²) >= 11 is 0. The topological polar surface area (TPSA) is 0 Å². The predicted octanol–water partition coefficient (Wildman–Crippen LogP) is 7.09. The van der Waals surface area contributed by atoms with Crippen LogP contribution < -0.4 is 0 Å². The van der Waals surface area contributed by atoms with E-state index in [9.17, 15) is 0 Å². The van der Waals surface area contributed by atoms with Crippen molar-refractivity contribution in [2.45, 2.75) is 54.4 Å². The molecule has 24 heavy (non-hydrogen) atoms. The molecule has 0 spiro atoms. The first-order chi connectivity index (χ1) is 11.2. The van der Waals surface area contributed by atoms with E-state index in [-0.39, 0.29) is 5.41 Å². The highest BCUT2D eigenvalue weighted by atomic mass is 14.3. The summed E-state index contributed by atoms with van der Waals surface area (Å²) in [5.74, 6) is 0.512. The van der Waals surface area contributed by atoms with Crippen LogP contribution in [0.5, 0.6) is 0 Å². The van der Waals surface area contributed by atoms with Gasteiger partial charge < -0.3 is 0 Å². The maximum atomic E-state index is 2.41. The molecule has 0 atom stereocenters. The SMILES string of the molecule is Cc1cc(C)cc(-c2c(C(C)C)ccc3c2C=C(C(C)(C)C)[CH]3)c1. The minimum Gasteiger partial charge on any atom is -0.0587 e. The molecule has 0 unspecified atom stereocenters. The van der Waals surface area contributed by atoms with E-state index in [4.69, 9.17) is 0 Å². The van der Waals surface area contributed by atoms with Crippen molar-refractivity contribution in [1.29, 1.82) is 0 Å². The molecule has 0 bridgehead atoms. The summed E-state index contributed by atoms with van der Waals surface area (Å²) < 4.78 is 0. The van der Waals surface area contributed by atoms with Crippen molar-refractivity contribution >= 4 is 6.08 Å². The Kier molecular flexibility index (Phi) is 4.20. The molecule has 0 N–H and O–H groups in total. The zero-order chi connectivity index (χ0) is 17.6. The van der Waals surface area contributed by atoms with Crippen molar-refractivity contribution in [3.05, 3.63) is 70.1 Å². The predicted molar refractivity (Wildman–Crippen MR) is 106 cm³/mol. The number of fused-ring (bicyclic) bond motifs is 1. The molecule has 0 amide bonds. The second-order valence-electron chi connectivity index (χ2n) is 8.56. The fourth-order valence-electron chi connectivity index (χ4n) is 3.65. The summed E-state index contributed by atoms with van der Waals surface area (Å²) in [5, 5.41) is 0. The van der Waals surface area contributed by atoms with E-state index >= 15 is 0 Å². The van der Waals surface area contributed by atoms with Gasteiger partial charge >= 0.3 is 0 Å².